The maximum atomic E-state index is 12.0. The molecule has 0 aromatic heterocycles. The number of rotatable bonds is 8. The molecule has 3 aliphatic rings. The number of aliphatic hydroxyl groups excluding tert-OH is 6. The van der Waals surface area contributed by atoms with E-state index in [0.717, 1.165) is 0 Å². The molecule has 18 nitrogen and oxygen atoms in total. The summed E-state index contributed by atoms with van der Waals surface area (Å²) in [5.41, 5.74) is -1.91. The third-order valence-corrected chi connectivity index (χ3v) is 7.30. The van der Waals surface area contributed by atoms with Gasteiger partial charge in [-0.3, -0.25) is 0 Å². The summed E-state index contributed by atoms with van der Waals surface area (Å²) >= 11 is 0. The summed E-state index contributed by atoms with van der Waals surface area (Å²) in [4.78, 5) is 35.6. The summed E-state index contributed by atoms with van der Waals surface area (Å²) in [7, 11) is 0. The second-order valence-corrected chi connectivity index (χ2v) is 13.0. The van der Waals surface area contributed by atoms with Crippen molar-refractivity contribution in [1.82, 2.24) is 0 Å². The van der Waals surface area contributed by atoms with Crippen LogP contribution in [-0.4, -0.2) is 146 Å². The van der Waals surface area contributed by atoms with Crippen molar-refractivity contribution in [1.29, 1.82) is 0 Å². The van der Waals surface area contributed by atoms with Gasteiger partial charge in [-0.2, -0.15) is 0 Å². The first kappa shape index (κ1) is 47.9. The molecule has 6 N–H and O–H groups in total. The van der Waals surface area contributed by atoms with Crippen LogP contribution in [0.2, 0.25) is 0 Å². The number of carboxylic acids is 3. The monoisotopic (exact) mass is 708 g/mol. The Morgan fingerprint density at radius 2 is 0.851 bits per heavy atom. The first-order valence-electron chi connectivity index (χ1n) is 13.7. The van der Waals surface area contributed by atoms with E-state index >= 15 is 0 Å². The number of ether oxygens (including phenoxy) is 6. The van der Waals surface area contributed by atoms with E-state index in [1.165, 1.54) is 20.8 Å². The molecule has 6 unspecified atom stereocenters. The van der Waals surface area contributed by atoms with Crippen molar-refractivity contribution in [2.24, 2.45) is 5.41 Å². The second kappa shape index (κ2) is 18.6. The summed E-state index contributed by atoms with van der Waals surface area (Å²) in [6.07, 6.45) is -30.3. The average molecular weight is 709 g/mol. The van der Waals surface area contributed by atoms with Crippen LogP contribution in [0.15, 0.2) is 0 Å². The molecule has 3 heterocycles. The van der Waals surface area contributed by atoms with Crippen LogP contribution in [0.4, 0.5) is 0 Å². The van der Waals surface area contributed by atoms with Crippen molar-refractivity contribution in [2.75, 3.05) is 0 Å². The van der Waals surface area contributed by atoms with Gasteiger partial charge in [0.1, 0.15) is 73.2 Å². The van der Waals surface area contributed by atoms with Gasteiger partial charge in [0, 0.05) is 0 Å². The zero-order valence-electron chi connectivity index (χ0n) is 27.7. The Balaban J connectivity index is 0.00000705. The van der Waals surface area contributed by atoms with Gasteiger partial charge in [0.15, 0.2) is 12.6 Å². The van der Waals surface area contributed by atoms with Gasteiger partial charge >= 0.3 is 88.7 Å². The number of aliphatic carboxylic acids is 3. The molecule has 0 aromatic carbocycles. The molecule has 0 amide bonds. The van der Waals surface area contributed by atoms with Gasteiger partial charge in [0.05, 0.1) is 29.6 Å². The Morgan fingerprint density at radius 1 is 0.532 bits per heavy atom. The van der Waals surface area contributed by atoms with E-state index in [9.17, 15) is 60.3 Å². The third kappa shape index (κ3) is 11.2. The van der Waals surface area contributed by atoms with Crippen LogP contribution >= 0.6 is 0 Å². The van der Waals surface area contributed by atoms with Gasteiger partial charge in [-0.15, -0.1) is 0 Å². The number of aliphatic hydroxyl groups is 6. The number of hydrogen-bond acceptors (Lipinski definition) is 18. The minimum atomic E-state index is -2.37. The third-order valence-electron chi connectivity index (χ3n) is 7.30. The van der Waals surface area contributed by atoms with E-state index in [4.69, 9.17) is 28.4 Å². The van der Waals surface area contributed by atoms with Gasteiger partial charge in [-0.1, -0.05) is 20.8 Å². The zero-order chi connectivity index (χ0) is 33.6. The second-order valence-electron chi connectivity index (χ2n) is 13.0. The summed E-state index contributed by atoms with van der Waals surface area (Å²) in [6, 6.07) is 0. The standard InChI is InChI=1S/C26H42O18.3Na/c1-25(2,3)19-10(30)7(27)13(16(39-19)20(33)34)40-23-11(31)8(28)14(17(42-23)21(35)36)41-24-12(32)9(29)15(44-26(4,5)6)18(43-24)22(37)38;;;/h7-19,23-24,27-32H,1-6H3,(H,33,34)(H,35,36)(H,37,38);;;/q;3*+1/p-3/t7?,8?,9?,10-,11-,12-,13-,14-,15-,16?,17?,18?,19+,23+,24+;;;/m1.../s1. The molecule has 3 fully saturated rings. The Labute approximate surface area is 336 Å². The Morgan fingerprint density at radius 3 is 1.19 bits per heavy atom. The van der Waals surface area contributed by atoms with Crippen LogP contribution < -0.4 is 104 Å². The van der Waals surface area contributed by atoms with Crippen LogP contribution in [0.5, 0.6) is 0 Å². The van der Waals surface area contributed by atoms with E-state index in [1.807, 2.05) is 0 Å². The Bertz CT molecular complexity index is 1060. The van der Waals surface area contributed by atoms with Gasteiger partial charge < -0.3 is 88.8 Å². The van der Waals surface area contributed by atoms with E-state index < -0.39 is 121 Å². The minimum Gasteiger partial charge on any atom is -0.547 e. The Hall–Kier alpha value is 0.930. The topological polar surface area (TPSA) is 297 Å². The quantitative estimate of drug-likeness (QED) is 0.128. The number of carbonyl (C=O) groups is 3. The van der Waals surface area contributed by atoms with E-state index in [2.05, 4.69) is 0 Å². The van der Waals surface area contributed by atoms with Crippen LogP contribution in [0.25, 0.3) is 0 Å². The van der Waals surface area contributed by atoms with Crippen LogP contribution in [0.1, 0.15) is 41.5 Å². The normalized spacial score (nSPS) is 41.0. The van der Waals surface area contributed by atoms with Crippen molar-refractivity contribution < 1.29 is 177 Å². The van der Waals surface area contributed by atoms with Crippen molar-refractivity contribution in [2.45, 2.75) is 139 Å². The van der Waals surface area contributed by atoms with Crippen molar-refractivity contribution >= 4 is 17.9 Å². The molecule has 0 radical (unpaired) electrons. The van der Waals surface area contributed by atoms with Gasteiger partial charge in [0.25, 0.3) is 0 Å². The molecule has 0 bridgehead atoms. The van der Waals surface area contributed by atoms with E-state index in [0.29, 0.717) is 0 Å². The molecule has 3 aliphatic heterocycles. The fourth-order valence-corrected chi connectivity index (χ4v) is 5.21. The predicted octanol–water partition coefficient (Wildman–Crippen LogP) is -16.4. The first-order valence-corrected chi connectivity index (χ1v) is 13.7. The molecular formula is C26H39Na3O18. The maximum absolute atomic E-state index is 12.0. The van der Waals surface area contributed by atoms with Gasteiger partial charge in [0.2, 0.25) is 0 Å². The van der Waals surface area contributed by atoms with E-state index in [1.54, 1.807) is 20.8 Å². The molecule has 3 rings (SSSR count). The molecule has 0 spiro atoms. The van der Waals surface area contributed by atoms with Crippen molar-refractivity contribution in [3.8, 4) is 0 Å². The van der Waals surface area contributed by atoms with Crippen LogP contribution in [0.3, 0.4) is 0 Å². The fraction of sp³-hybridized carbons (Fsp3) is 0.885. The molecular weight excluding hydrogens is 669 g/mol. The molecule has 3 saturated heterocycles. The zero-order valence-corrected chi connectivity index (χ0v) is 33.7. The van der Waals surface area contributed by atoms with Gasteiger partial charge in [-0.05, 0) is 26.2 Å². The molecule has 0 saturated carbocycles. The smallest absolute Gasteiger partial charge is 0.547 e. The summed E-state index contributed by atoms with van der Waals surface area (Å²) in [6.45, 7) is 9.36. The molecule has 0 aliphatic carbocycles. The largest absolute Gasteiger partial charge is 1.00 e. The summed E-state index contributed by atoms with van der Waals surface area (Å²) in [5, 5.41) is 99.7. The summed E-state index contributed by atoms with van der Waals surface area (Å²) < 4.78 is 31.9. The predicted molar refractivity (Wildman–Crippen MR) is 131 cm³/mol. The minimum absolute atomic E-state index is 0. The number of hydrogen-bond donors (Lipinski definition) is 6. The van der Waals surface area contributed by atoms with Crippen LogP contribution in [-0.2, 0) is 42.8 Å². The van der Waals surface area contributed by atoms with Gasteiger partial charge in [-0.25, -0.2) is 0 Å². The SMILES string of the molecule is CC(C)(C)O[C@H]1C(C(=O)[O-])O[C@H](O[C@H]2C(C(=O)[O-])O[C@H](O[C@H]3C(C(=O)[O-])O[C@H](C(C)(C)C)[C@H](O)C3O)[C@H](O)C2O)[C@H](O)C1O.[Na+].[Na+].[Na+]. The summed E-state index contributed by atoms with van der Waals surface area (Å²) in [5.74, 6) is -5.87. The average Bonchev–Trinajstić information content (AvgIpc) is 2.88. The Kier molecular flexibility index (Phi) is 19.0. The molecule has 15 atom stereocenters. The van der Waals surface area contributed by atoms with Crippen molar-refractivity contribution in [3.05, 3.63) is 0 Å². The van der Waals surface area contributed by atoms with Crippen molar-refractivity contribution in [3.63, 3.8) is 0 Å². The van der Waals surface area contributed by atoms with E-state index in [-0.39, 0.29) is 88.7 Å². The molecule has 0 aromatic rings. The molecule has 47 heavy (non-hydrogen) atoms. The number of carboxylic acid groups (broad SMARTS) is 3. The van der Waals surface area contributed by atoms with Crippen LogP contribution in [0, 0.1) is 5.41 Å². The maximum Gasteiger partial charge on any atom is 1.00 e. The molecule has 254 valence electrons. The fourth-order valence-electron chi connectivity index (χ4n) is 5.21. The first-order chi connectivity index (χ1) is 20.1. The number of carbonyl (C=O) groups excluding carboxylic acids is 3. The molecule has 21 heteroatoms.